The highest BCUT2D eigenvalue weighted by Gasteiger charge is 2.34. The van der Waals surface area contributed by atoms with Gasteiger partial charge in [-0.15, -0.1) is 0 Å². The van der Waals surface area contributed by atoms with Gasteiger partial charge in [-0.25, -0.2) is 9.18 Å². The van der Waals surface area contributed by atoms with Crippen molar-refractivity contribution in [2.45, 2.75) is 25.1 Å². The Morgan fingerprint density at radius 2 is 1.86 bits per heavy atom. The predicted molar refractivity (Wildman–Crippen MR) is 83.2 cm³/mol. The maximum absolute atomic E-state index is 13.9. The number of methoxy groups -OCH3 is 3. The Kier molecular flexibility index (Phi) is 5.50. The molecule has 1 unspecified atom stereocenters. The lowest BCUT2D eigenvalue weighted by atomic mass is 9.94. The van der Waals surface area contributed by atoms with Crippen LogP contribution in [0.1, 0.15) is 24.4 Å². The second kappa shape index (κ2) is 7.17. The van der Waals surface area contributed by atoms with Crippen LogP contribution < -0.4 is 9.47 Å². The van der Waals surface area contributed by atoms with Gasteiger partial charge in [-0.2, -0.15) is 0 Å². The lowest BCUT2D eigenvalue weighted by molar-refractivity contribution is 0.0658. The van der Waals surface area contributed by atoms with Gasteiger partial charge >= 0.3 is 6.09 Å². The number of alkyl halides is 1. The van der Waals surface area contributed by atoms with E-state index in [-0.39, 0.29) is 6.42 Å². The van der Waals surface area contributed by atoms with Gasteiger partial charge in [-0.3, -0.25) is 0 Å². The molecule has 0 bridgehead atoms. The van der Waals surface area contributed by atoms with E-state index in [9.17, 15) is 9.18 Å². The van der Waals surface area contributed by atoms with E-state index in [0.717, 1.165) is 5.56 Å². The Labute approximate surface area is 137 Å². The predicted octanol–water partition coefficient (Wildman–Crippen LogP) is 3.71. The number of benzene rings is 1. The summed E-state index contributed by atoms with van der Waals surface area (Å²) in [5.74, 6) is 1.14. The first-order chi connectivity index (χ1) is 10.5. The van der Waals surface area contributed by atoms with Gasteiger partial charge in [0, 0.05) is 13.0 Å². The third kappa shape index (κ3) is 3.29. The van der Waals surface area contributed by atoms with Gasteiger partial charge in [-0.1, -0.05) is 0 Å². The third-order valence-corrected chi connectivity index (χ3v) is 4.58. The van der Waals surface area contributed by atoms with E-state index >= 15 is 0 Å². The van der Waals surface area contributed by atoms with Crippen molar-refractivity contribution >= 4 is 22.0 Å². The Hall–Kier alpha value is -1.50. The Morgan fingerprint density at radius 1 is 1.27 bits per heavy atom. The van der Waals surface area contributed by atoms with Crippen LogP contribution in [0.25, 0.3) is 0 Å². The largest absolute Gasteiger partial charge is 0.495 e. The fraction of sp³-hybridized carbons (Fsp3) is 0.533. The maximum atomic E-state index is 13.9. The molecular weight excluding hydrogens is 357 g/mol. The third-order valence-electron chi connectivity index (χ3n) is 3.80. The molecule has 122 valence electrons. The van der Waals surface area contributed by atoms with Crippen molar-refractivity contribution in [1.82, 2.24) is 4.90 Å². The molecule has 2 atom stereocenters. The maximum Gasteiger partial charge on any atom is 0.409 e. The van der Waals surface area contributed by atoms with Crippen molar-refractivity contribution in [3.8, 4) is 11.5 Å². The number of piperidine rings is 1. The number of rotatable bonds is 3. The van der Waals surface area contributed by atoms with Gasteiger partial charge in [0.1, 0.15) is 22.1 Å². The van der Waals surface area contributed by atoms with Crippen LogP contribution in [-0.2, 0) is 4.74 Å². The van der Waals surface area contributed by atoms with Gasteiger partial charge < -0.3 is 19.1 Å². The molecule has 0 aliphatic carbocycles. The molecule has 7 heteroatoms. The zero-order valence-electron chi connectivity index (χ0n) is 12.8. The summed E-state index contributed by atoms with van der Waals surface area (Å²) in [6.07, 6.45) is -0.872. The number of likely N-dealkylation sites (tertiary alicyclic amines) is 1. The van der Waals surface area contributed by atoms with Crippen molar-refractivity contribution in [2.24, 2.45) is 0 Å². The van der Waals surface area contributed by atoms with Crippen LogP contribution in [0, 0.1) is 0 Å². The molecule has 1 aliphatic heterocycles. The van der Waals surface area contributed by atoms with Crippen LogP contribution in [-0.4, -0.2) is 45.0 Å². The van der Waals surface area contributed by atoms with Gasteiger partial charge in [0.05, 0.1) is 27.4 Å². The molecule has 1 aromatic carbocycles. The normalized spacial score (nSPS) is 21.4. The fourth-order valence-electron chi connectivity index (χ4n) is 2.66. The molecule has 1 saturated heterocycles. The molecule has 1 aliphatic rings. The zero-order valence-corrected chi connectivity index (χ0v) is 14.4. The Balaban J connectivity index is 2.43. The fourth-order valence-corrected chi connectivity index (χ4v) is 3.21. The first kappa shape index (κ1) is 16.9. The minimum atomic E-state index is -0.952. The Bertz CT molecular complexity index is 529. The monoisotopic (exact) mass is 375 g/mol. The second-order valence-corrected chi connectivity index (χ2v) is 5.83. The number of hydrogen-bond donors (Lipinski definition) is 0. The number of carbonyl (C=O) groups excluding carboxylic acids is 1. The smallest absolute Gasteiger partial charge is 0.409 e. The molecule has 5 nitrogen and oxygen atoms in total. The van der Waals surface area contributed by atoms with Gasteiger partial charge in [0.2, 0.25) is 0 Å². The first-order valence-electron chi connectivity index (χ1n) is 6.91. The number of amides is 1. The summed E-state index contributed by atoms with van der Waals surface area (Å²) >= 11 is 3.40. The minimum absolute atomic E-state index is 0.225. The topological polar surface area (TPSA) is 48.0 Å². The van der Waals surface area contributed by atoms with Crippen molar-refractivity contribution in [1.29, 1.82) is 0 Å². The standard InChI is InChI=1S/C15H19BrFNO4/c1-20-12-6-9(7-13(21-2)14(12)16)11-8-10(17)4-5-18(11)15(19)22-3/h6-7,10-11H,4-5,8H2,1-3H3/t10-,11?/m1/s1. The number of nitrogens with zero attached hydrogens (tertiary/aromatic N) is 1. The summed E-state index contributed by atoms with van der Waals surface area (Å²) in [5, 5.41) is 0. The van der Waals surface area contributed by atoms with Crippen LogP contribution in [0.3, 0.4) is 0 Å². The zero-order chi connectivity index (χ0) is 16.3. The van der Waals surface area contributed by atoms with Gasteiger partial charge in [-0.05, 0) is 40.0 Å². The van der Waals surface area contributed by atoms with E-state index in [4.69, 9.17) is 14.2 Å². The SMILES string of the molecule is COC(=O)N1CC[C@@H](F)CC1c1cc(OC)c(Br)c(OC)c1. The average molecular weight is 376 g/mol. The summed E-state index contributed by atoms with van der Waals surface area (Å²) in [6, 6.07) is 3.16. The molecule has 0 radical (unpaired) electrons. The van der Waals surface area contributed by atoms with Crippen molar-refractivity contribution in [3.63, 3.8) is 0 Å². The summed E-state index contributed by atoms with van der Waals surface area (Å²) in [6.45, 7) is 0.319. The lowest BCUT2D eigenvalue weighted by Crippen LogP contribution is -2.41. The molecule has 22 heavy (non-hydrogen) atoms. The molecule has 0 aromatic heterocycles. The molecule has 1 amide bonds. The lowest BCUT2D eigenvalue weighted by Gasteiger charge is -2.36. The minimum Gasteiger partial charge on any atom is -0.495 e. The van der Waals surface area contributed by atoms with E-state index in [1.54, 1.807) is 26.4 Å². The molecule has 1 aromatic rings. The highest BCUT2D eigenvalue weighted by Crippen LogP contribution is 2.41. The van der Waals surface area contributed by atoms with E-state index in [1.165, 1.54) is 12.0 Å². The number of ether oxygens (including phenoxy) is 3. The van der Waals surface area contributed by atoms with E-state index in [1.807, 2.05) is 0 Å². The summed E-state index contributed by atoms with van der Waals surface area (Å²) in [4.78, 5) is 13.5. The van der Waals surface area contributed by atoms with Crippen LogP contribution >= 0.6 is 15.9 Å². The highest BCUT2D eigenvalue weighted by atomic mass is 79.9. The van der Waals surface area contributed by atoms with Crippen molar-refractivity contribution in [3.05, 3.63) is 22.2 Å². The van der Waals surface area contributed by atoms with Crippen molar-refractivity contribution < 1.29 is 23.4 Å². The van der Waals surface area contributed by atoms with Gasteiger partial charge in [0.25, 0.3) is 0 Å². The highest BCUT2D eigenvalue weighted by molar-refractivity contribution is 9.10. The van der Waals surface area contributed by atoms with Crippen LogP contribution in [0.5, 0.6) is 11.5 Å². The second-order valence-electron chi connectivity index (χ2n) is 5.04. The van der Waals surface area contributed by atoms with Crippen LogP contribution in [0.2, 0.25) is 0 Å². The number of carbonyl (C=O) groups is 1. The van der Waals surface area contributed by atoms with Crippen LogP contribution in [0.15, 0.2) is 16.6 Å². The van der Waals surface area contributed by atoms with E-state index in [2.05, 4.69) is 15.9 Å². The molecule has 0 saturated carbocycles. The summed E-state index contributed by atoms with van der Waals surface area (Å²) < 4.78 is 30.0. The Morgan fingerprint density at radius 3 is 2.36 bits per heavy atom. The van der Waals surface area contributed by atoms with Crippen molar-refractivity contribution in [2.75, 3.05) is 27.9 Å². The molecule has 1 fully saturated rings. The number of halogens is 2. The molecular formula is C15H19BrFNO4. The van der Waals surface area contributed by atoms with E-state index < -0.39 is 18.3 Å². The summed E-state index contributed by atoms with van der Waals surface area (Å²) in [5.41, 5.74) is 0.754. The van der Waals surface area contributed by atoms with Crippen LogP contribution in [0.4, 0.5) is 9.18 Å². The molecule has 0 N–H and O–H groups in total. The quantitative estimate of drug-likeness (QED) is 0.807. The first-order valence-corrected chi connectivity index (χ1v) is 7.71. The number of hydrogen-bond acceptors (Lipinski definition) is 4. The average Bonchev–Trinajstić information content (AvgIpc) is 2.54. The summed E-state index contributed by atoms with van der Waals surface area (Å²) in [7, 11) is 4.41. The molecule has 0 spiro atoms. The van der Waals surface area contributed by atoms with Gasteiger partial charge in [0.15, 0.2) is 0 Å². The molecule has 1 heterocycles. The van der Waals surface area contributed by atoms with E-state index in [0.29, 0.717) is 28.9 Å². The molecule has 2 rings (SSSR count).